The molecule has 0 aliphatic heterocycles. The van der Waals surface area contributed by atoms with E-state index in [-0.39, 0.29) is 12.5 Å². The van der Waals surface area contributed by atoms with Gasteiger partial charge in [-0.3, -0.25) is 9.78 Å². The molecule has 0 atom stereocenters. The maximum atomic E-state index is 12.5. The lowest BCUT2D eigenvalue weighted by atomic mass is 10.0. The minimum absolute atomic E-state index is 0.0809. The molecule has 0 saturated heterocycles. The summed E-state index contributed by atoms with van der Waals surface area (Å²) >= 11 is 0. The number of aryl methyl sites for hydroxylation is 1. The van der Waals surface area contributed by atoms with Gasteiger partial charge in [0.2, 0.25) is 0 Å². The summed E-state index contributed by atoms with van der Waals surface area (Å²) in [5.41, 5.74) is 3.76. The molecule has 162 valence electrons. The fourth-order valence-corrected chi connectivity index (χ4v) is 3.09. The maximum Gasteiger partial charge on any atom is 0.262 e. The first-order chi connectivity index (χ1) is 15.0. The Morgan fingerprint density at radius 3 is 2.45 bits per heavy atom. The fraction of sp³-hybridized carbons (Fsp3) is 0.280. The van der Waals surface area contributed by atoms with Crippen LogP contribution in [-0.2, 0) is 11.4 Å². The Labute approximate surface area is 183 Å². The molecule has 1 N–H and O–H groups in total. The number of carbonyl (C=O) groups excluding carboxylic acids is 1. The standard InChI is InChI=1S/C25H28N2O4/c1-17(2)21-7-5-18(3)13-23(21)31-16-25(28)27-20-6-8-22(29-4)24(14-20)30-15-19-9-11-26-12-10-19/h5-14,17H,15-16H2,1-4H3,(H,27,28). The number of hydrogen-bond donors (Lipinski definition) is 1. The number of methoxy groups -OCH3 is 1. The number of aromatic nitrogens is 1. The molecule has 0 saturated carbocycles. The van der Waals surface area contributed by atoms with E-state index in [0.717, 1.165) is 22.4 Å². The molecule has 1 aromatic heterocycles. The normalized spacial score (nSPS) is 10.6. The molecule has 0 aliphatic carbocycles. The first kappa shape index (κ1) is 22.2. The number of ether oxygens (including phenoxy) is 3. The van der Waals surface area contributed by atoms with Crippen LogP contribution in [0.4, 0.5) is 5.69 Å². The zero-order chi connectivity index (χ0) is 22.2. The Morgan fingerprint density at radius 2 is 1.74 bits per heavy atom. The molecule has 0 radical (unpaired) electrons. The summed E-state index contributed by atoms with van der Waals surface area (Å²) in [7, 11) is 1.58. The van der Waals surface area contributed by atoms with Crippen LogP contribution in [0.3, 0.4) is 0 Å². The number of hydrogen-bond acceptors (Lipinski definition) is 5. The predicted molar refractivity (Wildman–Crippen MR) is 121 cm³/mol. The first-order valence-corrected chi connectivity index (χ1v) is 10.2. The van der Waals surface area contributed by atoms with Gasteiger partial charge in [-0.05, 0) is 59.9 Å². The van der Waals surface area contributed by atoms with E-state index >= 15 is 0 Å². The quantitative estimate of drug-likeness (QED) is 0.520. The van der Waals surface area contributed by atoms with Crippen LogP contribution in [0, 0.1) is 6.92 Å². The van der Waals surface area contributed by atoms with E-state index in [1.54, 1.807) is 37.7 Å². The van der Waals surface area contributed by atoms with Crippen LogP contribution in [0.15, 0.2) is 60.9 Å². The van der Waals surface area contributed by atoms with Crippen molar-refractivity contribution in [3.05, 3.63) is 77.6 Å². The third kappa shape index (κ3) is 6.22. The third-order valence-electron chi connectivity index (χ3n) is 4.74. The van der Waals surface area contributed by atoms with Crippen molar-refractivity contribution in [3.63, 3.8) is 0 Å². The van der Waals surface area contributed by atoms with E-state index in [1.165, 1.54) is 0 Å². The highest BCUT2D eigenvalue weighted by molar-refractivity contribution is 5.92. The lowest BCUT2D eigenvalue weighted by molar-refractivity contribution is -0.118. The summed E-state index contributed by atoms with van der Waals surface area (Å²) < 4.78 is 17.1. The summed E-state index contributed by atoms with van der Waals surface area (Å²) in [6.45, 7) is 6.49. The SMILES string of the molecule is COc1ccc(NC(=O)COc2cc(C)ccc2C(C)C)cc1OCc1ccncc1. The number of nitrogens with zero attached hydrogens (tertiary/aromatic N) is 1. The average molecular weight is 421 g/mol. The van der Waals surface area contributed by atoms with E-state index in [0.29, 0.717) is 29.7 Å². The van der Waals surface area contributed by atoms with Gasteiger partial charge in [0.25, 0.3) is 5.91 Å². The number of amides is 1. The van der Waals surface area contributed by atoms with Gasteiger partial charge in [-0.15, -0.1) is 0 Å². The number of benzene rings is 2. The van der Waals surface area contributed by atoms with Crippen molar-refractivity contribution in [1.82, 2.24) is 4.98 Å². The Hall–Kier alpha value is -3.54. The zero-order valence-corrected chi connectivity index (χ0v) is 18.3. The summed E-state index contributed by atoms with van der Waals surface area (Å²) in [5.74, 6) is 1.92. The largest absolute Gasteiger partial charge is 0.493 e. The van der Waals surface area contributed by atoms with Gasteiger partial charge in [0.15, 0.2) is 18.1 Å². The maximum absolute atomic E-state index is 12.5. The Bertz CT molecular complexity index is 1020. The minimum Gasteiger partial charge on any atom is -0.493 e. The molecule has 0 unspecified atom stereocenters. The molecule has 6 nitrogen and oxygen atoms in total. The van der Waals surface area contributed by atoms with E-state index in [2.05, 4.69) is 24.1 Å². The van der Waals surface area contributed by atoms with E-state index in [9.17, 15) is 4.79 Å². The van der Waals surface area contributed by atoms with Crippen molar-refractivity contribution in [2.75, 3.05) is 19.0 Å². The van der Waals surface area contributed by atoms with Gasteiger partial charge in [0, 0.05) is 24.1 Å². The number of rotatable bonds is 9. The van der Waals surface area contributed by atoms with E-state index in [4.69, 9.17) is 14.2 Å². The van der Waals surface area contributed by atoms with Crippen molar-refractivity contribution in [3.8, 4) is 17.2 Å². The smallest absolute Gasteiger partial charge is 0.262 e. The summed E-state index contributed by atoms with van der Waals surface area (Å²) in [5, 5.41) is 2.86. The molecule has 0 fully saturated rings. The topological polar surface area (TPSA) is 69.7 Å². The number of carbonyl (C=O) groups is 1. The molecule has 0 bridgehead atoms. The molecule has 3 rings (SSSR count). The molecule has 0 aliphatic rings. The molecule has 1 amide bonds. The molecule has 2 aromatic carbocycles. The Balaban J connectivity index is 1.64. The molecule has 6 heteroatoms. The van der Waals surface area contributed by atoms with Gasteiger partial charge in [-0.1, -0.05) is 26.0 Å². The molecule has 1 heterocycles. The van der Waals surface area contributed by atoms with Crippen LogP contribution >= 0.6 is 0 Å². The van der Waals surface area contributed by atoms with Gasteiger partial charge < -0.3 is 19.5 Å². The Morgan fingerprint density at radius 1 is 0.968 bits per heavy atom. The number of nitrogens with one attached hydrogen (secondary N) is 1. The third-order valence-corrected chi connectivity index (χ3v) is 4.74. The highest BCUT2D eigenvalue weighted by atomic mass is 16.5. The van der Waals surface area contributed by atoms with Gasteiger partial charge in [0.1, 0.15) is 12.4 Å². The van der Waals surface area contributed by atoms with E-state index in [1.807, 2.05) is 37.3 Å². The highest BCUT2D eigenvalue weighted by Gasteiger charge is 2.12. The second-order valence-corrected chi connectivity index (χ2v) is 7.54. The van der Waals surface area contributed by atoms with Crippen LogP contribution in [0.25, 0.3) is 0 Å². The van der Waals surface area contributed by atoms with Gasteiger partial charge >= 0.3 is 0 Å². The Kier molecular flexibility index (Phi) is 7.49. The summed E-state index contributed by atoms with van der Waals surface area (Å²) in [6.07, 6.45) is 3.43. The lowest BCUT2D eigenvalue weighted by Crippen LogP contribution is -2.20. The van der Waals surface area contributed by atoms with Crippen LogP contribution < -0.4 is 19.5 Å². The molecule has 3 aromatic rings. The van der Waals surface area contributed by atoms with Gasteiger partial charge in [-0.25, -0.2) is 0 Å². The van der Waals surface area contributed by atoms with Gasteiger partial charge in [-0.2, -0.15) is 0 Å². The van der Waals surface area contributed by atoms with Crippen molar-refractivity contribution in [2.45, 2.75) is 33.3 Å². The minimum atomic E-state index is -0.249. The van der Waals surface area contributed by atoms with Gasteiger partial charge in [0.05, 0.1) is 7.11 Å². The molecular formula is C25H28N2O4. The monoisotopic (exact) mass is 420 g/mol. The van der Waals surface area contributed by atoms with Crippen molar-refractivity contribution < 1.29 is 19.0 Å². The predicted octanol–water partition coefficient (Wildman–Crippen LogP) is 5.12. The van der Waals surface area contributed by atoms with Crippen molar-refractivity contribution >= 4 is 11.6 Å². The van der Waals surface area contributed by atoms with E-state index < -0.39 is 0 Å². The number of anilines is 1. The van der Waals surface area contributed by atoms with Crippen molar-refractivity contribution in [2.24, 2.45) is 0 Å². The summed E-state index contributed by atoms with van der Waals surface area (Å²) in [6, 6.07) is 15.1. The second-order valence-electron chi connectivity index (χ2n) is 7.54. The molecule has 0 spiro atoms. The average Bonchev–Trinajstić information content (AvgIpc) is 2.77. The highest BCUT2D eigenvalue weighted by Crippen LogP contribution is 2.31. The van der Waals surface area contributed by atoms with Crippen LogP contribution in [0.5, 0.6) is 17.2 Å². The van der Waals surface area contributed by atoms with Crippen LogP contribution in [0.1, 0.15) is 36.5 Å². The zero-order valence-electron chi connectivity index (χ0n) is 18.3. The first-order valence-electron chi connectivity index (χ1n) is 10.2. The lowest BCUT2D eigenvalue weighted by Gasteiger charge is -2.15. The van der Waals surface area contributed by atoms with Crippen LogP contribution in [0.2, 0.25) is 0 Å². The summed E-state index contributed by atoms with van der Waals surface area (Å²) in [4.78, 5) is 16.5. The van der Waals surface area contributed by atoms with Crippen LogP contribution in [-0.4, -0.2) is 24.6 Å². The van der Waals surface area contributed by atoms with Crippen molar-refractivity contribution in [1.29, 1.82) is 0 Å². The fourth-order valence-electron chi connectivity index (χ4n) is 3.09. The molecule has 31 heavy (non-hydrogen) atoms. The number of pyridine rings is 1. The second kappa shape index (κ2) is 10.5. The molecular weight excluding hydrogens is 392 g/mol.